The fraction of sp³-hybridized carbons (Fsp3) is 0.0185. The van der Waals surface area contributed by atoms with Crippen LogP contribution in [0.15, 0.2) is 72.8 Å². The quantitative estimate of drug-likeness (QED) is 0.0611. The summed E-state index contributed by atoms with van der Waals surface area (Å²) >= 11 is 0. The van der Waals surface area contributed by atoms with Crippen LogP contribution < -0.4 is 10.1 Å². The summed E-state index contributed by atoms with van der Waals surface area (Å²) in [6, 6.07) is 15.3. The lowest BCUT2D eigenvalue weighted by Crippen LogP contribution is -2.11. The summed E-state index contributed by atoms with van der Waals surface area (Å²) in [4.78, 5) is 27.4. The number of hydrogen-bond acceptors (Lipinski definition) is 4. The summed E-state index contributed by atoms with van der Waals surface area (Å²) in [5.41, 5.74) is -12.5. The van der Waals surface area contributed by atoms with E-state index in [9.17, 15) is 18.0 Å². The highest BCUT2D eigenvalue weighted by Gasteiger charge is 2.34. The van der Waals surface area contributed by atoms with Crippen molar-refractivity contribution >= 4 is 58.0 Å². The topological polar surface area (TPSA) is 95.7 Å². The first-order valence-electron chi connectivity index (χ1n) is 21.6. The first-order valence-corrected chi connectivity index (χ1v) is 21.6. The number of rotatable bonds is 8. The second-order valence-corrected chi connectivity index (χ2v) is 16.4. The van der Waals surface area contributed by atoms with E-state index in [4.69, 9.17) is 11.2 Å². The van der Waals surface area contributed by atoms with Crippen LogP contribution in [0.3, 0.4) is 0 Å². The molecule has 0 unspecified atom stereocenters. The van der Waals surface area contributed by atoms with Gasteiger partial charge in [0, 0.05) is 55.6 Å². The summed E-state index contributed by atoms with van der Waals surface area (Å²) in [5, 5.41) is 2.69. The zero-order valence-electron chi connectivity index (χ0n) is 37.4. The zero-order chi connectivity index (χ0) is 54.2. The number of benzene rings is 5. The van der Waals surface area contributed by atoms with E-state index in [1.807, 2.05) is 0 Å². The Kier molecular flexibility index (Phi) is 12.6. The van der Waals surface area contributed by atoms with Crippen LogP contribution >= 0.6 is 0 Å². The number of ether oxygens (including phenoxy) is 1. The monoisotopic (exact) mass is 1060 g/mol. The molecule has 76 heavy (non-hydrogen) atoms. The first kappa shape index (κ1) is 50.0. The number of fused-ring (bicyclic) bond motifs is 8. The average molecular weight is 1060 g/mol. The molecule has 0 saturated heterocycles. The number of H-pyrrole nitrogens is 2. The number of hydrogen-bond donors (Lipinski definition) is 3. The molecule has 5 heterocycles. The Morgan fingerprint density at radius 1 is 0.447 bits per heavy atom. The average Bonchev–Trinajstić information content (AvgIpc) is 4.30. The smallest absolute Gasteiger partial charge is 0.255 e. The van der Waals surface area contributed by atoms with Crippen LogP contribution in [-0.4, -0.2) is 32.4 Å². The Bertz CT molecular complexity index is 3990. The Hall–Kier alpha value is -9.52. The SMILES string of the molecule is C#CCOc1ccc(C(=O)Nc2cccc(-c3c4nc(c(-c5c(F)c(F)c(F)c(F)c5F)c5ccc([nH]5)c(-c5c(F)c(F)c(F)c(F)c5F)c5nc(c(-c6c(F)c(F)c(F)c(F)c6F)c6ccc3[nH]6)C=C5)C=C4)c2)cc1. The largest absolute Gasteiger partial charge is 0.481 e. The minimum absolute atomic E-state index is 0.0556. The van der Waals surface area contributed by atoms with Crippen molar-refractivity contribution in [2.75, 3.05) is 11.9 Å². The van der Waals surface area contributed by atoms with Gasteiger partial charge in [0.05, 0.1) is 39.5 Å². The molecule has 8 bridgehead atoms. The number of carbonyl (C=O) groups is 1. The van der Waals surface area contributed by atoms with Crippen LogP contribution in [0.2, 0.25) is 0 Å². The molecular formula is C54H22F15N5O2. The van der Waals surface area contributed by atoms with Crippen molar-refractivity contribution in [1.29, 1.82) is 0 Å². The molecule has 2 aliphatic heterocycles. The standard InChI is InChI=1S/C54H22F15N5O2/c1-2-18-76-23-8-6-20(7-9-23)54(75)70-22-5-3-4-21(19-22)32-24-10-12-26(71-24)33(36-39(55)45(61)51(67)46(62)40(36)56)28-14-16-30(73-28)35(38-43(59)49(65)53(69)50(66)44(38)60)31-17-15-29(74-31)34(27-13-11-25(32)72-27)37-41(57)47(63)52(68)48(64)42(37)58/h1,3-17,19,71,74H,18H2,(H,70,75). The second-order valence-electron chi connectivity index (χ2n) is 16.4. The number of anilines is 1. The zero-order valence-corrected chi connectivity index (χ0v) is 37.4. The van der Waals surface area contributed by atoms with Crippen molar-refractivity contribution in [1.82, 2.24) is 19.9 Å². The fourth-order valence-corrected chi connectivity index (χ4v) is 8.55. The van der Waals surface area contributed by atoms with Crippen molar-refractivity contribution in [2.24, 2.45) is 0 Å². The molecule has 22 heteroatoms. The molecule has 0 spiro atoms. The maximum absolute atomic E-state index is 16.1. The molecule has 8 aromatic rings. The van der Waals surface area contributed by atoms with E-state index >= 15 is 52.7 Å². The van der Waals surface area contributed by atoms with Gasteiger partial charge in [-0.05, 0) is 90.5 Å². The van der Waals surface area contributed by atoms with E-state index in [0.29, 0.717) is 5.75 Å². The third-order valence-electron chi connectivity index (χ3n) is 12.0. The summed E-state index contributed by atoms with van der Waals surface area (Å²) in [7, 11) is 0. The number of nitrogens with zero attached hydrogens (tertiary/aromatic N) is 2. The Balaban J connectivity index is 1.35. The number of nitrogens with one attached hydrogen (secondary N) is 3. The van der Waals surface area contributed by atoms with Crippen molar-refractivity contribution in [3.63, 3.8) is 0 Å². The molecule has 380 valence electrons. The van der Waals surface area contributed by atoms with Gasteiger partial charge in [0.1, 0.15) is 12.4 Å². The second kappa shape index (κ2) is 19.1. The first-order chi connectivity index (χ1) is 36.3. The van der Waals surface area contributed by atoms with Crippen LogP contribution in [0.4, 0.5) is 71.5 Å². The lowest BCUT2D eigenvalue weighted by molar-refractivity contribution is 0.102. The molecule has 0 atom stereocenters. The van der Waals surface area contributed by atoms with Crippen LogP contribution in [0, 0.1) is 99.6 Å². The number of amides is 1. The maximum atomic E-state index is 16.1. The van der Waals surface area contributed by atoms with Gasteiger partial charge in [0.25, 0.3) is 5.91 Å². The van der Waals surface area contributed by atoms with Gasteiger partial charge in [-0.25, -0.2) is 75.8 Å². The summed E-state index contributed by atoms with van der Waals surface area (Å²) in [6.07, 6.45) is 8.98. The van der Waals surface area contributed by atoms with Gasteiger partial charge in [0.15, 0.2) is 69.8 Å². The highest BCUT2D eigenvalue weighted by atomic mass is 19.2. The lowest BCUT2D eigenvalue weighted by atomic mass is 10.0. The number of terminal acetylenes is 1. The number of aromatic nitrogens is 4. The molecule has 3 N–H and O–H groups in total. The summed E-state index contributed by atoms with van der Waals surface area (Å²) in [6.45, 7) is -0.0556. The van der Waals surface area contributed by atoms with Crippen LogP contribution in [0.1, 0.15) is 33.1 Å². The van der Waals surface area contributed by atoms with Gasteiger partial charge in [-0.15, -0.1) is 6.42 Å². The maximum Gasteiger partial charge on any atom is 0.255 e. The predicted octanol–water partition coefficient (Wildman–Crippen LogP) is 14.7. The molecule has 5 aromatic carbocycles. The Morgan fingerprint density at radius 2 is 0.789 bits per heavy atom. The molecule has 0 fully saturated rings. The predicted molar refractivity (Wildman–Crippen MR) is 249 cm³/mol. The van der Waals surface area contributed by atoms with Gasteiger partial charge >= 0.3 is 0 Å². The highest BCUT2D eigenvalue weighted by molar-refractivity contribution is 6.05. The van der Waals surface area contributed by atoms with Gasteiger partial charge < -0.3 is 20.0 Å². The summed E-state index contributed by atoms with van der Waals surface area (Å²) in [5.74, 6) is -35.3. The van der Waals surface area contributed by atoms with Crippen LogP contribution in [0.25, 0.3) is 90.9 Å². The summed E-state index contributed by atoms with van der Waals surface area (Å²) < 4.78 is 236. The molecule has 0 saturated carbocycles. The van der Waals surface area contributed by atoms with E-state index in [1.54, 1.807) is 0 Å². The van der Waals surface area contributed by atoms with Gasteiger partial charge in [-0.2, -0.15) is 0 Å². The number of halogens is 15. The third kappa shape index (κ3) is 8.16. The molecule has 2 aliphatic rings. The Labute approximate surface area is 415 Å². The number of carbonyl (C=O) groups excluding carboxylic acids is 1. The van der Waals surface area contributed by atoms with Crippen molar-refractivity contribution in [3.8, 4) is 62.6 Å². The molecule has 1 amide bonds. The molecule has 3 aromatic heterocycles. The van der Waals surface area contributed by atoms with Crippen molar-refractivity contribution in [3.05, 3.63) is 188 Å². The van der Waals surface area contributed by atoms with E-state index in [1.165, 1.54) is 54.6 Å². The van der Waals surface area contributed by atoms with E-state index < -0.39 is 160 Å². The Morgan fingerprint density at radius 3 is 1.16 bits per heavy atom. The minimum atomic E-state index is -2.64. The molecule has 10 rings (SSSR count). The fourth-order valence-electron chi connectivity index (χ4n) is 8.55. The van der Waals surface area contributed by atoms with Gasteiger partial charge in [0.2, 0.25) is 17.5 Å². The molecule has 7 nitrogen and oxygen atoms in total. The highest BCUT2D eigenvalue weighted by Crippen LogP contribution is 2.44. The molecule has 0 aliphatic carbocycles. The van der Waals surface area contributed by atoms with E-state index in [0.717, 1.165) is 42.5 Å². The molecule has 0 radical (unpaired) electrons. The minimum Gasteiger partial charge on any atom is -0.481 e. The molecular weight excluding hydrogens is 1040 g/mol. The van der Waals surface area contributed by atoms with Crippen molar-refractivity contribution in [2.45, 2.75) is 0 Å². The van der Waals surface area contributed by atoms with E-state index in [2.05, 4.69) is 31.2 Å². The third-order valence-corrected chi connectivity index (χ3v) is 12.0. The van der Waals surface area contributed by atoms with Gasteiger partial charge in [-0.3, -0.25) is 4.79 Å². The lowest BCUT2D eigenvalue weighted by Gasteiger charge is -2.11. The van der Waals surface area contributed by atoms with Crippen molar-refractivity contribution < 1.29 is 75.4 Å². The van der Waals surface area contributed by atoms with Gasteiger partial charge in [-0.1, -0.05) is 18.1 Å². The van der Waals surface area contributed by atoms with Crippen LogP contribution in [0.5, 0.6) is 5.75 Å². The number of aromatic amines is 2. The van der Waals surface area contributed by atoms with Crippen LogP contribution in [-0.2, 0) is 0 Å². The van der Waals surface area contributed by atoms with E-state index in [-0.39, 0.29) is 40.2 Å². The normalized spacial score (nSPS) is 11.9.